The first kappa shape index (κ1) is 22.0. The number of para-hydroxylation sites is 1. The fourth-order valence-electron chi connectivity index (χ4n) is 3.99. The van der Waals surface area contributed by atoms with Crippen molar-refractivity contribution in [2.75, 3.05) is 7.05 Å². The molecule has 1 aromatic heterocycles. The second-order valence-corrected chi connectivity index (χ2v) is 8.67. The van der Waals surface area contributed by atoms with Crippen molar-refractivity contribution in [3.63, 3.8) is 0 Å². The minimum absolute atomic E-state index is 0.0975. The number of nitrogens with zero attached hydrogens (tertiary/aromatic N) is 3. The molecule has 1 unspecified atom stereocenters. The molecule has 5 nitrogen and oxygen atoms in total. The van der Waals surface area contributed by atoms with Crippen LogP contribution in [0.4, 0.5) is 0 Å². The van der Waals surface area contributed by atoms with Crippen molar-refractivity contribution in [2.24, 2.45) is 0 Å². The maximum absolute atomic E-state index is 13.6. The summed E-state index contributed by atoms with van der Waals surface area (Å²) in [6, 6.07) is 22.0. The Hall–Kier alpha value is -3.25. The highest BCUT2D eigenvalue weighted by molar-refractivity contribution is 9.10. The zero-order valence-corrected chi connectivity index (χ0v) is 19.8. The van der Waals surface area contributed by atoms with Gasteiger partial charge in [0.25, 0.3) is 11.5 Å². The maximum atomic E-state index is 13.6. The van der Waals surface area contributed by atoms with E-state index in [1.165, 1.54) is 0 Å². The molecule has 0 aliphatic heterocycles. The summed E-state index contributed by atoms with van der Waals surface area (Å²) in [6.07, 6.45) is 0.607. The van der Waals surface area contributed by atoms with Crippen LogP contribution in [-0.4, -0.2) is 27.4 Å². The fraction of sp³-hybridized carbons (Fsp3) is 0.192. The summed E-state index contributed by atoms with van der Waals surface area (Å²) in [5.41, 5.74) is 2.74. The van der Waals surface area contributed by atoms with Gasteiger partial charge in [0.05, 0.1) is 22.6 Å². The zero-order chi connectivity index (χ0) is 22.8. The van der Waals surface area contributed by atoms with Crippen LogP contribution in [0.5, 0.6) is 0 Å². The molecule has 1 heterocycles. The second-order valence-electron chi connectivity index (χ2n) is 7.76. The second kappa shape index (κ2) is 9.09. The van der Waals surface area contributed by atoms with Gasteiger partial charge in [-0.05, 0) is 61.4 Å². The first-order valence-corrected chi connectivity index (χ1v) is 11.3. The van der Waals surface area contributed by atoms with Gasteiger partial charge in [-0.15, -0.1) is 0 Å². The van der Waals surface area contributed by atoms with Crippen LogP contribution in [0.1, 0.15) is 41.1 Å². The summed E-state index contributed by atoms with van der Waals surface area (Å²) in [7, 11) is 1.77. The molecule has 0 aliphatic carbocycles. The molecule has 0 bridgehead atoms. The lowest BCUT2D eigenvalue weighted by atomic mass is 10.1. The third kappa shape index (κ3) is 3.98. The van der Waals surface area contributed by atoms with Gasteiger partial charge in [-0.2, -0.15) is 0 Å². The SMILES string of the molecule is CCC(c1nc2ccccc2c(=O)n1-c1ccc(Br)cc1)N(C)C(=O)c1ccccc1C. The number of carbonyl (C=O) groups is 1. The molecule has 1 amide bonds. The van der Waals surface area contributed by atoms with Gasteiger partial charge < -0.3 is 4.90 Å². The van der Waals surface area contributed by atoms with Crippen LogP contribution in [0.3, 0.4) is 0 Å². The van der Waals surface area contributed by atoms with Crippen LogP contribution >= 0.6 is 15.9 Å². The lowest BCUT2D eigenvalue weighted by molar-refractivity contribution is 0.0716. The summed E-state index contributed by atoms with van der Waals surface area (Å²) < 4.78 is 2.55. The average Bonchev–Trinajstić information content (AvgIpc) is 2.80. The van der Waals surface area contributed by atoms with E-state index in [0.717, 1.165) is 10.0 Å². The molecular weight excluding hydrogens is 466 g/mol. The standard InChI is InChI=1S/C26H24BrN3O2/c1-4-23(29(3)25(31)20-10-6-5-9-17(20)2)24-28-22-12-8-7-11-21(22)26(32)30(24)19-15-13-18(27)14-16-19/h5-16,23H,4H2,1-3H3. The monoisotopic (exact) mass is 489 g/mol. The summed E-state index contributed by atoms with van der Waals surface area (Å²) in [6.45, 7) is 3.92. The van der Waals surface area contributed by atoms with Gasteiger partial charge in [0.2, 0.25) is 0 Å². The van der Waals surface area contributed by atoms with Gasteiger partial charge in [-0.1, -0.05) is 53.2 Å². The highest BCUT2D eigenvalue weighted by atomic mass is 79.9. The Labute approximate surface area is 195 Å². The van der Waals surface area contributed by atoms with E-state index in [1.807, 2.05) is 80.6 Å². The average molecular weight is 490 g/mol. The highest BCUT2D eigenvalue weighted by Gasteiger charge is 2.27. The number of amides is 1. The van der Waals surface area contributed by atoms with E-state index in [0.29, 0.717) is 34.4 Å². The number of benzene rings is 3. The number of aromatic nitrogens is 2. The topological polar surface area (TPSA) is 55.2 Å². The van der Waals surface area contributed by atoms with Crippen molar-refractivity contribution in [2.45, 2.75) is 26.3 Å². The molecule has 4 rings (SSSR count). The molecule has 0 spiro atoms. The normalized spacial score (nSPS) is 12.0. The molecule has 0 radical (unpaired) electrons. The van der Waals surface area contributed by atoms with Crippen LogP contribution in [0, 0.1) is 6.92 Å². The first-order valence-electron chi connectivity index (χ1n) is 10.5. The number of rotatable bonds is 5. The van der Waals surface area contributed by atoms with Crippen LogP contribution in [0.25, 0.3) is 16.6 Å². The van der Waals surface area contributed by atoms with Crippen LogP contribution in [-0.2, 0) is 0 Å². The van der Waals surface area contributed by atoms with Gasteiger partial charge in [0.15, 0.2) is 0 Å². The molecule has 0 fully saturated rings. The molecule has 32 heavy (non-hydrogen) atoms. The summed E-state index contributed by atoms with van der Waals surface area (Å²) in [5, 5.41) is 0.543. The lowest BCUT2D eigenvalue weighted by Crippen LogP contribution is -2.36. The molecule has 4 aromatic rings. The van der Waals surface area contributed by atoms with Crippen molar-refractivity contribution in [1.82, 2.24) is 14.5 Å². The van der Waals surface area contributed by atoms with Gasteiger partial charge in [-0.25, -0.2) is 4.98 Å². The predicted octanol–water partition coefficient (Wildman–Crippen LogP) is 5.68. The Balaban J connectivity index is 1.92. The van der Waals surface area contributed by atoms with Gasteiger partial charge >= 0.3 is 0 Å². The van der Waals surface area contributed by atoms with E-state index in [2.05, 4.69) is 15.9 Å². The molecule has 6 heteroatoms. The smallest absolute Gasteiger partial charge is 0.266 e. The zero-order valence-electron chi connectivity index (χ0n) is 18.2. The quantitative estimate of drug-likeness (QED) is 0.362. The van der Waals surface area contributed by atoms with E-state index in [4.69, 9.17) is 4.98 Å². The van der Waals surface area contributed by atoms with Crippen LogP contribution in [0.2, 0.25) is 0 Å². The van der Waals surface area contributed by atoms with Gasteiger partial charge in [0, 0.05) is 17.1 Å². The molecular formula is C26H24BrN3O2. The van der Waals surface area contributed by atoms with E-state index in [9.17, 15) is 9.59 Å². The maximum Gasteiger partial charge on any atom is 0.266 e. The summed E-state index contributed by atoms with van der Waals surface area (Å²) >= 11 is 3.46. The Morgan fingerprint density at radius 3 is 2.38 bits per heavy atom. The molecule has 0 saturated carbocycles. The van der Waals surface area contributed by atoms with Crippen molar-refractivity contribution in [3.8, 4) is 5.69 Å². The number of hydrogen-bond donors (Lipinski definition) is 0. The van der Waals surface area contributed by atoms with Crippen molar-refractivity contribution >= 4 is 32.7 Å². The van der Waals surface area contributed by atoms with Crippen molar-refractivity contribution in [3.05, 3.63) is 105 Å². The number of fused-ring (bicyclic) bond motifs is 1. The minimum Gasteiger partial charge on any atom is -0.332 e. The molecule has 0 aliphatic rings. The first-order chi connectivity index (χ1) is 15.4. The van der Waals surface area contributed by atoms with E-state index < -0.39 is 0 Å². The summed E-state index contributed by atoms with van der Waals surface area (Å²) in [4.78, 5) is 33.5. The van der Waals surface area contributed by atoms with Crippen LogP contribution in [0.15, 0.2) is 82.1 Å². The van der Waals surface area contributed by atoms with Crippen LogP contribution < -0.4 is 5.56 Å². The van der Waals surface area contributed by atoms with Gasteiger partial charge in [0.1, 0.15) is 5.82 Å². The predicted molar refractivity (Wildman–Crippen MR) is 131 cm³/mol. The Bertz CT molecular complexity index is 1350. The minimum atomic E-state index is -0.386. The third-order valence-corrected chi connectivity index (χ3v) is 6.26. The van der Waals surface area contributed by atoms with E-state index in [1.54, 1.807) is 22.6 Å². The molecule has 1 atom stereocenters. The fourth-order valence-corrected chi connectivity index (χ4v) is 4.25. The van der Waals surface area contributed by atoms with E-state index in [-0.39, 0.29) is 17.5 Å². The summed E-state index contributed by atoms with van der Waals surface area (Å²) in [5.74, 6) is 0.447. The third-order valence-electron chi connectivity index (χ3n) is 5.73. The van der Waals surface area contributed by atoms with Gasteiger partial charge in [-0.3, -0.25) is 14.2 Å². The number of aryl methyl sites for hydroxylation is 1. The molecule has 162 valence electrons. The highest BCUT2D eigenvalue weighted by Crippen LogP contribution is 2.27. The molecule has 0 saturated heterocycles. The molecule has 3 aromatic carbocycles. The number of hydrogen-bond acceptors (Lipinski definition) is 3. The number of halogens is 1. The molecule has 0 N–H and O–H groups in total. The number of carbonyl (C=O) groups excluding carboxylic acids is 1. The lowest BCUT2D eigenvalue weighted by Gasteiger charge is -2.29. The Kier molecular flexibility index (Phi) is 6.24. The Morgan fingerprint density at radius 1 is 1.03 bits per heavy atom. The van der Waals surface area contributed by atoms with Crippen molar-refractivity contribution in [1.29, 1.82) is 0 Å². The van der Waals surface area contributed by atoms with Crippen molar-refractivity contribution < 1.29 is 4.79 Å². The Morgan fingerprint density at radius 2 is 1.69 bits per heavy atom. The van der Waals surface area contributed by atoms with E-state index >= 15 is 0 Å². The largest absolute Gasteiger partial charge is 0.332 e.